The van der Waals surface area contributed by atoms with Crippen LogP contribution in [0.2, 0.25) is 0 Å². The van der Waals surface area contributed by atoms with E-state index in [9.17, 15) is 0 Å². The lowest BCUT2D eigenvalue weighted by molar-refractivity contribution is 0.0318. The molecule has 3 nitrogen and oxygen atoms in total. The van der Waals surface area contributed by atoms with Crippen LogP contribution in [-0.4, -0.2) is 18.7 Å². The molecule has 0 saturated carbocycles. The maximum absolute atomic E-state index is 5.78. The first-order valence-corrected chi connectivity index (χ1v) is 4.72. The lowest BCUT2D eigenvalue weighted by Gasteiger charge is -2.33. The highest BCUT2D eigenvalue weighted by atomic mass is 16.6. The van der Waals surface area contributed by atoms with E-state index in [0.717, 1.165) is 25.9 Å². The molecule has 1 aliphatic heterocycles. The molecule has 1 aromatic rings. The van der Waals surface area contributed by atoms with Crippen molar-refractivity contribution in [3.05, 3.63) is 18.4 Å². The Bertz CT molecular complexity index is 250. The average molecular weight is 181 g/mol. The summed E-state index contributed by atoms with van der Waals surface area (Å²) in [5.41, 5.74) is -0.0525. The Morgan fingerprint density at radius 3 is 2.85 bits per heavy atom. The molecule has 2 heterocycles. The molecular weight excluding hydrogens is 166 g/mol. The van der Waals surface area contributed by atoms with Gasteiger partial charge in [0.25, 0.3) is 5.95 Å². The van der Waals surface area contributed by atoms with Gasteiger partial charge in [-0.2, -0.15) is 0 Å². The van der Waals surface area contributed by atoms with E-state index < -0.39 is 0 Å². The largest absolute Gasteiger partial charge is 0.459 e. The van der Waals surface area contributed by atoms with Gasteiger partial charge in [0.2, 0.25) is 0 Å². The number of furan rings is 1. The molecule has 72 valence electrons. The summed E-state index contributed by atoms with van der Waals surface area (Å²) < 4.78 is 10.9. The summed E-state index contributed by atoms with van der Waals surface area (Å²) in [6.07, 6.45) is 3.71. The molecule has 13 heavy (non-hydrogen) atoms. The number of rotatable bonds is 2. The molecule has 1 aliphatic rings. The van der Waals surface area contributed by atoms with Crippen LogP contribution in [0.3, 0.4) is 0 Å². The van der Waals surface area contributed by atoms with Crippen LogP contribution in [0.1, 0.15) is 19.8 Å². The van der Waals surface area contributed by atoms with E-state index in [1.165, 1.54) is 0 Å². The van der Waals surface area contributed by atoms with Gasteiger partial charge >= 0.3 is 0 Å². The normalized spacial score (nSPS) is 21.3. The number of hydrogen-bond acceptors (Lipinski definition) is 3. The summed E-state index contributed by atoms with van der Waals surface area (Å²) in [6, 6.07) is 3.70. The monoisotopic (exact) mass is 181 g/mol. The van der Waals surface area contributed by atoms with Crippen LogP contribution >= 0.6 is 0 Å². The second-order valence-corrected chi connectivity index (χ2v) is 3.73. The quantitative estimate of drug-likeness (QED) is 0.755. The summed E-state index contributed by atoms with van der Waals surface area (Å²) in [4.78, 5) is 0. The van der Waals surface area contributed by atoms with Gasteiger partial charge in [-0.15, -0.1) is 0 Å². The Labute approximate surface area is 78.1 Å². The van der Waals surface area contributed by atoms with E-state index in [1.807, 2.05) is 12.1 Å². The fourth-order valence-electron chi connectivity index (χ4n) is 1.62. The van der Waals surface area contributed by atoms with Gasteiger partial charge < -0.3 is 14.5 Å². The fraction of sp³-hybridized carbons (Fsp3) is 0.600. The van der Waals surface area contributed by atoms with Crippen LogP contribution in [0.15, 0.2) is 22.8 Å². The zero-order valence-corrected chi connectivity index (χ0v) is 7.88. The maximum Gasteiger partial charge on any atom is 0.284 e. The highest BCUT2D eigenvalue weighted by Gasteiger charge is 2.29. The summed E-state index contributed by atoms with van der Waals surface area (Å²) in [6.45, 7) is 4.19. The molecule has 0 aliphatic carbocycles. The molecule has 1 fully saturated rings. The van der Waals surface area contributed by atoms with Crippen LogP contribution in [0.25, 0.3) is 0 Å². The molecule has 3 heteroatoms. The van der Waals surface area contributed by atoms with Gasteiger partial charge in [0.05, 0.1) is 6.26 Å². The molecule has 0 aromatic carbocycles. The predicted molar refractivity (Wildman–Crippen MR) is 49.8 cm³/mol. The number of hydrogen-bond donors (Lipinski definition) is 1. The van der Waals surface area contributed by atoms with Crippen molar-refractivity contribution in [2.24, 2.45) is 0 Å². The Hall–Kier alpha value is -0.960. The van der Waals surface area contributed by atoms with E-state index in [4.69, 9.17) is 9.15 Å². The van der Waals surface area contributed by atoms with Crippen LogP contribution in [0, 0.1) is 0 Å². The third kappa shape index (κ3) is 2.04. The van der Waals surface area contributed by atoms with Crippen LogP contribution < -0.4 is 10.1 Å². The van der Waals surface area contributed by atoms with E-state index in [2.05, 4.69) is 12.2 Å². The third-order valence-electron chi connectivity index (χ3n) is 2.50. The van der Waals surface area contributed by atoms with Crippen molar-refractivity contribution < 1.29 is 9.15 Å². The standard InChI is InChI=1S/C10H15NO2/c1-10(4-6-11-7-5-10)13-9-3-2-8-12-9/h2-3,8,11H,4-7H2,1H3. The van der Waals surface area contributed by atoms with Gasteiger partial charge in [-0.1, -0.05) is 0 Å². The Morgan fingerprint density at radius 2 is 2.23 bits per heavy atom. The van der Waals surface area contributed by atoms with Crippen LogP contribution in [-0.2, 0) is 0 Å². The summed E-state index contributed by atoms with van der Waals surface area (Å²) >= 11 is 0. The molecule has 2 rings (SSSR count). The van der Waals surface area contributed by atoms with Crippen molar-refractivity contribution in [2.45, 2.75) is 25.4 Å². The van der Waals surface area contributed by atoms with Crippen molar-refractivity contribution in [3.8, 4) is 5.95 Å². The number of piperidine rings is 1. The van der Waals surface area contributed by atoms with Crippen molar-refractivity contribution in [1.29, 1.82) is 0 Å². The van der Waals surface area contributed by atoms with Crippen LogP contribution in [0.5, 0.6) is 5.95 Å². The molecule has 0 atom stereocenters. The first-order chi connectivity index (χ1) is 6.29. The maximum atomic E-state index is 5.78. The summed E-state index contributed by atoms with van der Waals surface area (Å²) in [5.74, 6) is 0.629. The lowest BCUT2D eigenvalue weighted by atomic mass is 9.95. The second kappa shape index (κ2) is 3.42. The van der Waals surface area contributed by atoms with Crippen molar-refractivity contribution >= 4 is 0 Å². The predicted octanol–water partition coefficient (Wildman–Crippen LogP) is 1.80. The summed E-state index contributed by atoms with van der Waals surface area (Å²) in [7, 11) is 0. The Morgan fingerprint density at radius 1 is 1.46 bits per heavy atom. The van der Waals surface area contributed by atoms with Crippen molar-refractivity contribution in [3.63, 3.8) is 0 Å². The molecule has 1 saturated heterocycles. The first-order valence-electron chi connectivity index (χ1n) is 4.72. The van der Waals surface area contributed by atoms with Gasteiger partial charge in [0, 0.05) is 6.07 Å². The van der Waals surface area contributed by atoms with Gasteiger partial charge in [-0.25, -0.2) is 0 Å². The lowest BCUT2D eigenvalue weighted by Crippen LogP contribution is -2.43. The Kier molecular flexibility index (Phi) is 2.27. The minimum atomic E-state index is -0.0525. The van der Waals surface area contributed by atoms with E-state index in [0.29, 0.717) is 5.95 Å². The van der Waals surface area contributed by atoms with Crippen molar-refractivity contribution in [1.82, 2.24) is 5.32 Å². The molecule has 0 bridgehead atoms. The highest BCUT2D eigenvalue weighted by molar-refractivity contribution is 5.06. The van der Waals surface area contributed by atoms with Gasteiger partial charge in [0.1, 0.15) is 5.60 Å². The second-order valence-electron chi connectivity index (χ2n) is 3.73. The SMILES string of the molecule is CC1(Oc2ccco2)CCNCC1. The third-order valence-corrected chi connectivity index (χ3v) is 2.50. The van der Waals surface area contributed by atoms with Crippen molar-refractivity contribution in [2.75, 3.05) is 13.1 Å². The molecule has 0 spiro atoms. The van der Waals surface area contributed by atoms with Crippen LogP contribution in [0.4, 0.5) is 0 Å². The fourth-order valence-corrected chi connectivity index (χ4v) is 1.62. The highest BCUT2D eigenvalue weighted by Crippen LogP contribution is 2.25. The van der Waals surface area contributed by atoms with Gasteiger partial charge in [-0.05, 0) is 38.9 Å². The molecule has 0 unspecified atom stereocenters. The van der Waals surface area contributed by atoms with E-state index in [1.54, 1.807) is 6.26 Å². The molecule has 1 N–H and O–H groups in total. The zero-order chi connectivity index (χ0) is 9.15. The van der Waals surface area contributed by atoms with Gasteiger partial charge in [0.15, 0.2) is 0 Å². The molecule has 0 amide bonds. The zero-order valence-electron chi connectivity index (χ0n) is 7.88. The smallest absolute Gasteiger partial charge is 0.284 e. The first kappa shape index (κ1) is 8.63. The minimum Gasteiger partial charge on any atom is -0.459 e. The molecular formula is C10H15NO2. The van der Waals surface area contributed by atoms with Gasteiger partial charge in [-0.3, -0.25) is 0 Å². The number of ether oxygens (including phenoxy) is 1. The molecule has 0 radical (unpaired) electrons. The number of nitrogens with one attached hydrogen (secondary N) is 1. The topological polar surface area (TPSA) is 34.4 Å². The van der Waals surface area contributed by atoms with E-state index in [-0.39, 0.29) is 5.60 Å². The van der Waals surface area contributed by atoms with E-state index >= 15 is 0 Å². The summed E-state index contributed by atoms with van der Waals surface area (Å²) in [5, 5.41) is 3.31. The Balaban J connectivity index is 1.99. The molecule has 1 aromatic heterocycles. The minimum absolute atomic E-state index is 0.0525. The average Bonchev–Trinajstić information content (AvgIpc) is 2.57.